The Labute approximate surface area is 426 Å². The zero-order valence-corrected chi connectivity index (χ0v) is 42.5. The first kappa shape index (κ1) is 51.5. The monoisotopic (exact) mass is 1040 g/mol. The molecule has 0 spiro atoms. The quantitative estimate of drug-likeness (QED) is 0.0324. The number of carbonyl (C=O) groups is 3. The zero-order chi connectivity index (χ0) is 53.2. The molecule has 4 fully saturated rings. The van der Waals surface area contributed by atoms with Crippen LogP contribution in [0.5, 0.6) is 17.5 Å². The second-order valence-corrected chi connectivity index (χ2v) is 21.8. The molecule has 4 atom stereocenters. The Morgan fingerprint density at radius 3 is 2.30 bits per heavy atom. The highest BCUT2D eigenvalue weighted by molar-refractivity contribution is 7.23. The van der Waals surface area contributed by atoms with Gasteiger partial charge in [-0.05, 0) is 97.4 Å². The molecule has 2 aromatic heterocycles. The number of aromatic nitrogens is 2. The van der Waals surface area contributed by atoms with Crippen molar-refractivity contribution in [3.8, 4) is 34.7 Å². The van der Waals surface area contributed by atoms with Crippen molar-refractivity contribution in [1.82, 2.24) is 19.8 Å². The summed E-state index contributed by atoms with van der Waals surface area (Å²) in [6.45, 7) is 15.2. The van der Waals surface area contributed by atoms with E-state index >= 15 is 13.2 Å². The molecule has 4 aliphatic heterocycles. The Hall–Kier alpha value is -7.45. The van der Waals surface area contributed by atoms with E-state index in [1.54, 1.807) is 46.4 Å². The number of ether oxygens (including phenoxy) is 6. The van der Waals surface area contributed by atoms with Gasteiger partial charge in [-0.25, -0.2) is 27.6 Å². The molecule has 4 aliphatic rings. The SMILES string of the molecule is C=C1CN2[C@H](COC(=O)Oc3ccc([N+](=O)[O-])cc3)CC[C@@]2(COc2nc(N3CC4CCC(C3)N4C(=O)OC(C)(C)C)c3c(OC)c(F)c(-c4ccc(F)c5sc(NC(=O)OC(C)(C)C)c(C#N)c45)c(F)c3n2)C1. The van der Waals surface area contributed by atoms with Crippen LogP contribution in [0.4, 0.5) is 44.1 Å². The van der Waals surface area contributed by atoms with Crippen LogP contribution in [-0.2, 0) is 14.2 Å². The van der Waals surface area contributed by atoms with Crippen LogP contribution in [0.1, 0.15) is 79.2 Å². The highest BCUT2D eigenvalue weighted by atomic mass is 32.1. The number of carbonyl (C=O) groups excluding carboxylic acids is 3. The van der Waals surface area contributed by atoms with E-state index in [2.05, 4.69) is 21.8 Å². The van der Waals surface area contributed by atoms with E-state index in [0.29, 0.717) is 50.0 Å². The number of nitriles is 1. The van der Waals surface area contributed by atoms with E-state index in [-0.39, 0.29) is 99.3 Å². The van der Waals surface area contributed by atoms with Gasteiger partial charge in [-0.1, -0.05) is 18.2 Å². The van der Waals surface area contributed by atoms with Crippen LogP contribution in [0.2, 0.25) is 0 Å². The van der Waals surface area contributed by atoms with Gasteiger partial charge in [0.1, 0.15) is 58.4 Å². The van der Waals surface area contributed by atoms with Crippen molar-refractivity contribution in [2.75, 3.05) is 50.2 Å². The first-order chi connectivity index (χ1) is 35.0. The van der Waals surface area contributed by atoms with Gasteiger partial charge in [0.25, 0.3) is 5.69 Å². The number of rotatable bonds is 11. The van der Waals surface area contributed by atoms with E-state index in [0.717, 1.165) is 17.7 Å². The summed E-state index contributed by atoms with van der Waals surface area (Å²) < 4.78 is 85.2. The number of hydrogen-bond acceptors (Lipinski definition) is 17. The van der Waals surface area contributed by atoms with E-state index in [9.17, 15) is 29.8 Å². The van der Waals surface area contributed by atoms with Crippen molar-refractivity contribution in [3.63, 3.8) is 0 Å². The van der Waals surface area contributed by atoms with E-state index in [4.69, 9.17) is 33.4 Å². The van der Waals surface area contributed by atoms with Crippen molar-refractivity contribution in [2.24, 2.45) is 0 Å². The van der Waals surface area contributed by atoms with Gasteiger partial charge in [0, 0.05) is 43.2 Å². The number of hydrogen-bond donors (Lipinski definition) is 1. The summed E-state index contributed by atoms with van der Waals surface area (Å²) in [7, 11) is 1.20. The number of piperazine rings is 1. The minimum Gasteiger partial charge on any atom is -0.493 e. The van der Waals surface area contributed by atoms with Crippen molar-refractivity contribution < 1.29 is 60.9 Å². The summed E-state index contributed by atoms with van der Waals surface area (Å²) in [6.07, 6.45) is 0.424. The van der Waals surface area contributed by atoms with Gasteiger partial charge >= 0.3 is 24.4 Å². The van der Waals surface area contributed by atoms with Gasteiger partial charge in [-0.15, -0.1) is 11.3 Å². The Morgan fingerprint density at radius 1 is 0.973 bits per heavy atom. The Kier molecular flexibility index (Phi) is 13.5. The number of nitrogens with zero attached hydrogens (tertiary/aromatic N) is 7. The van der Waals surface area contributed by atoms with Gasteiger partial charge < -0.3 is 33.3 Å². The smallest absolute Gasteiger partial charge is 0.493 e. The van der Waals surface area contributed by atoms with E-state index < -0.39 is 74.3 Å². The van der Waals surface area contributed by atoms with Crippen LogP contribution in [-0.4, -0.2) is 118 Å². The lowest BCUT2D eigenvalue weighted by molar-refractivity contribution is -0.384. The fourth-order valence-corrected chi connectivity index (χ4v) is 11.6. The number of nitro benzene ring substituents is 1. The average Bonchev–Trinajstić information content (AvgIpc) is 4.04. The number of methoxy groups -OCH3 is 1. The van der Waals surface area contributed by atoms with E-state index in [1.807, 2.05) is 11.0 Å². The highest BCUT2D eigenvalue weighted by Gasteiger charge is 2.52. The number of anilines is 2. The molecular formula is C51H53F3N8O11S. The topological polar surface area (TPSA) is 221 Å². The van der Waals surface area contributed by atoms with Gasteiger partial charge in [0.2, 0.25) is 0 Å². The number of nitro groups is 1. The lowest BCUT2D eigenvalue weighted by Crippen LogP contribution is -2.57. The molecule has 390 valence electrons. The first-order valence-corrected chi connectivity index (χ1v) is 24.6. The number of halogens is 3. The molecule has 1 N–H and O–H groups in total. The van der Waals surface area contributed by atoms with Crippen LogP contribution in [0.15, 0.2) is 48.6 Å². The van der Waals surface area contributed by atoms with Crippen LogP contribution in [0, 0.1) is 38.9 Å². The maximum absolute atomic E-state index is 17.9. The molecule has 4 saturated heterocycles. The number of nitrogens with one attached hydrogen (secondary N) is 1. The maximum Gasteiger partial charge on any atom is 0.513 e. The molecule has 0 saturated carbocycles. The largest absolute Gasteiger partial charge is 0.513 e. The third-order valence-electron chi connectivity index (χ3n) is 13.4. The first-order valence-electron chi connectivity index (χ1n) is 23.8. The summed E-state index contributed by atoms with van der Waals surface area (Å²) in [4.78, 5) is 64.8. The predicted molar refractivity (Wildman–Crippen MR) is 265 cm³/mol. The summed E-state index contributed by atoms with van der Waals surface area (Å²) in [6, 6.07) is 7.78. The molecule has 2 unspecified atom stereocenters. The van der Waals surface area contributed by atoms with Gasteiger partial charge in [-0.3, -0.25) is 25.2 Å². The summed E-state index contributed by atoms with van der Waals surface area (Å²) in [5.74, 6) is -3.57. The number of benzene rings is 3. The second kappa shape index (κ2) is 19.4. The van der Waals surface area contributed by atoms with Crippen LogP contribution < -0.4 is 24.4 Å². The van der Waals surface area contributed by atoms with Crippen LogP contribution >= 0.6 is 11.3 Å². The molecule has 3 aromatic carbocycles. The molecule has 0 radical (unpaired) electrons. The fourth-order valence-electron chi connectivity index (χ4n) is 10.5. The summed E-state index contributed by atoms with van der Waals surface area (Å²) in [5.41, 5.74) is -3.31. The number of non-ortho nitro benzene ring substituents is 1. The standard InChI is InChI=1S/C51H53F3N8O11S/c1-26-19-51(18-17-30(60(51)21-26)24-69-48(65)71-31-13-11-27(12-14-31)62(66)67)25-70-45-56-40-37(43(57-45)59-22-28-9-10-29(23-59)61(28)47(64)73-50(5,6)7)41(68-8)39(54)36(38(40)53)32-15-16-34(52)42-35(32)33(20-55)44(74-42)58-46(63)72-49(2,3)4/h11-16,28-30H,1,9-10,17-19,21-25H2,2-8H3,(H,58,63)/t28?,29?,30-,51-/m0/s1. The normalized spacial score (nSPS) is 20.6. The number of fused-ring (bicyclic) bond motifs is 5. The van der Waals surface area contributed by atoms with Gasteiger partial charge in [0.05, 0.1) is 50.9 Å². The fraction of sp³-hybridized carbons (Fsp3) is 0.451. The molecule has 2 amide bonds. The molecule has 23 heteroatoms. The Bertz CT molecular complexity index is 3160. The Balaban J connectivity index is 1.09. The average molecular weight is 1040 g/mol. The van der Waals surface area contributed by atoms with Gasteiger partial charge in [0.15, 0.2) is 17.4 Å². The molecule has 5 aromatic rings. The van der Waals surface area contributed by atoms with E-state index in [1.165, 1.54) is 31.4 Å². The third-order valence-corrected chi connectivity index (χ3v) is 14.5. The maximum atomic E-state index is 17.9. The molecule has 0 aliphatic carbocycles. The summed E-state index contributed by atoms with van der Waals surface area (Å²) >= 11 is 0.695. The number of thiophene rings is 1. The minimum atomic E-state index is -1.21. The lowest BCUT2D eigenvalue weighted by atomic mass is 9.94. The zero-order valence-electron chi connectivity index (χ0n) is 41.6. The Morgan fingerprint density at radius 2 is 1.66 bits per heavy atom. The molecule has 6 heterocycles. The molecule has 74 heavy (non-hydrogen) atoms. The van der Waals surface area contributed by atoms with Crippen LogP contribution in [0.25, 0.3) is 32.1 Å². The summed E-state index contributed by atoms with van der Waals surface area (Å²) in [5, 5.41) is 23.6. The van der Waals surface area contributed by atoms with Crippen molar-refractivity contribution in [1.29, 1.82) is 5.26 Å². The van der Waals surface area contributed by atoms with Crippen LogP contribution in [0.3, 0.4) is 0 Å². The third kappa shape index (κ3) is 9.87. The molecule has 2 bridgehead atoms. The predicted octanol–water partition coefficient (Wildman–Crippen LogP) is 10.4. The number of amides is 2. The van der Waals surface area contributed by atoms with Crippen molar-refractivity contribution in [3.05, 3.63) is 81.7 Å². The minimum absolute atomic E-state index is 0.0440. The lowest BCUT2D eigenvalue weighted by Gasteiger charge is -2.42. The molecule has 9 rings (SSSR count). The molecule has 19 nitrogen and oxygen atoms in total. The highest BCUT2D eigenvalue weighted by Crippen LogP contribution is 2.50. The molecular weight excluding hydrogens is 990 g/mol. The second-order valence-electron chi connectivity index (χ2n) is 20.8. The van der Waals surface area contributed by atoms with Gasteiger partial charge in [-0.2, -0.15) is 15.2 Å². The van der Waals surface area contributed by atoms with Crippen molar-refractivity contribution in [2.45, 2.75) is 109 Å². The van der Waals surface area contributed by atoms with Crippen molar-refractivity contribution >= 4 is 67.2 Å².